The van der Waals surface area contributed by atoms with E-state index in [0.717, 1.165) is 18.1 Å². The van der Waals surface area contributed by atoms with Gasteiger partial charge in [0.25, 0.3) is 0 Å². The van der Waals surface area contributed by atoms with Crippen LogP contribution in [-0.2, 0) is 9.47 Å². The van der Waals surface area contributed by atoms with Gasteiger partial charge in [0.05, 0.1) is 25.3 Å². The Labute approximate surface area is 248 Å². The molecule has 2 rings (SSSR count). The Hall–Kier alpha value is -1.57. The van der Waals surface area contributed by atoms with Crippen molar-refractivity contribution in [3.05, 3.63) is 76.2 Å². The van der Waals surface area contributed by atoms with Gasteiger partial charge in [-0.15, -0.1) is 12.1 Å². The van der Waals surface area contributed by atoms with Crippen molar-refractivity contribution < 1.29 is 83.4 Å². The molecular formula is C22H26BBrF3KN2O4. The number of nitrogens with two attached hydrogens (primary N) is 2. The van der Waals surface area contributed by atoms with Crippen LogP contribution in [0.4, 0.5) is 24.3 Å². The minimum absolute atomic E-state index is 0. The molecule has 0 unspecified atom stereocenters. The number of nitrogen functional groups attached to an aromatic ring is 2. The molecule has 0 radical (unpaired) electrons. The van der Waals surface area contributed by atoms with Gasteiger partial charge >= 0.3 is 70.3 Å². The third-order valence-electron chi connectivity index (χ3n) is 3.91. The standard InChI is InChI=1S/C11H13NO2.C8H8BrNO2.C3H5BF3.K/c1-7(2)9-6-8(11(13)14-3)4-5-10(9)12;1-12-8(11)5-2-3-7(10)6(9)4-5;1-3(2)4(5,6)7;/h4-6H,1,12H2,2-3H3;2-4H,10H2,1H3;1H2,2H3;/q;;-1;+1. The number of methoxy groups -OCH3 is 2. The summed E-state index contributed by atoms with van der Waals surface area (Å²) in [4.78, 5) is 22.2. The van der Waals surface area contributed by atoms with E-state index in [0.29, 0.717) is 27.0 Å². The van der Waals surface area contributed by atoms with Crippen molar-refractivity contribution in [3.63, 3.8) is 0 Å². The average molecular weight is 569 g/mol. The summed E-state index contributed by atoms with van der Waals surface area (Å²) >= 11 is 3.21. The molecule has 0 amide bonds. The molecule has 0 aliphatic carbocycles. The number of carbonyl (C=O) groups excluding carboxylic acids is 2. The maximum Gasteiger partial charge on any atom is 1.00 e. The van der Waals surface area contributed by atoms with Crippen LogP contribution in [0.2, 0.25) is 0 Å². The summed E-state index contributed by atoms with van der Waals surface area (Å²) in [7, 11) is 2.69. The number of allylic oxidation sites excluding steroid dienone is 2. The number of anilines is 2. The molecule has 34 heavy (non-hydrogen) atoms. The van der Waals surface area contributed by atoms with E-state index in [1.165, 1.54) is 14.2 Å². The first-order valence-electron chi connectivity index (χ1n) is 9.28. The molecule has 0 aliphatic heterocycles. The van der Waals surface area contributed by atoms with E-state index in [2.05, 4.69) is 38.6 Å². The summed E-state index contributed by atoms with van der Waals surface area (Å²) in [5, 5.41) is 0. The Morgan fingerprint density at radius 2 is 1.26 bits per heavy atom. The molecule has 0 fully saturated rings. The zero-order chi connectivity index (χ0) is 25.9. The molecule has 6 nitrogen and oxygen atoms in total. The van der Waals surface area contributed by atoms with E-state index in [-0.39, 0.29) is 63.3 Å². The summed E-state index contributed by atoms with van der Waals surface area (Å²) in [6, 6.07) is 9.89. The van der Waals surface area contributed by atoms with Gasteiger partial charge in [0.1, 0.15) is 0 Å². The van der Waals surface area contributed by atoms with Crippen molar-refractivity contribution in [1.29, 1.82) is 0 Å². The van der Waals surface area contributed by atoms with E-state index in [4.69, 9.17) is 11.5 Å². The topological polar surface area (TPSA) is 105 Å². The van der Waals surface area contributed by atoms with E-state index in [1.54, 1.807) is 36.4 Å². The van der Waals surface area contributed by atoms with Crippen LogP contribution in [0.3, 0.4) is 0 Å². The number of halogens is 4. The van der Waals surface area contributed by atoms with Crippen LogP contribution in [-0.4, -0.2) is 33.1 Å². The normalized spacial score (nSPS) is 9.65. The number of benzene rings is 2. The summed E-state index contributed by atoms with van der Waals surface area (Å²) in [5.41, 5.74) is 14.4. The smallest absolute Gasteiger partial charge is 0.465 e. The molecule has 0 spiro atoms. The monoisotopic (exact) mass is 568 g/mol. The molecule has 4 N–H and O–H groups in total. The molecule has 0 aromatic heterocycles. The SMILES string of the molecule is C=C(C)[B-](F)(F)F.C=C(C)c1cc(C(=O)OC)ccc1N.COC(=O)c1ccc(N)c(Br)c1.[K+]. The van der Waals surface area contributed by atoms with Crippen LogP contribution in [0.15, 0.2) is 59.5 Å². The van der Waals surface area contributed by atoms with E-state index in [9.17, 15) is 22.5 Å². The molecule has 0 bridgehead atoms. The maximum absolute atomic E-state index is 11.2. The number of esters is 2. The van der Waals surface area contributed by atoms with Crippen LogP contribution >= 0.6 is 15.9 Å². The molecule has 180 valence electrons. The predicted molar refractivity (Wildman–Crippen MR) is 131 cm³/mol. The van der Waals surface area contributed by atoms with E-state index in [1.807, 2.05) is 6.92 Å². The van der Waals surface area contributed by atoms with Crippen molar-refractivity contribution in [3.8, 4) is 0 Å². The van der Waals surface area contributed by atoms with Gasteiger partial charge in [0, 0.05) is 21.4 Å². The largest absolute Gasteiger partial charge is 1.00 e. The summed E-state index contributed by atoms with van der Waals surface area (Å²) in [6.45, 7) is 4.56. The quantitative estimate of drug-likeness (QED) is 0.334. The number of hydrogen-bond donors (Lipinski definition) is 2. The first-order chi connectivity index (χ1) is 15.1. The number of carbonyl (C=O) groups is 2. The fraction of sp³-hybridized carbons (Fsp3) is 0.182. The van der Waals surface area contributed by atoms with Crippen LogP contribution in [0.25, 0.3) is 5.57 Å². The summed E-state index contributed by atoms with van der Waals surface area (Å²) < 4.78 is 43.3. The molecule has 0 atom stereocenters. The third-order valence-corrected chi connectivity index (χ3v) is 4.60. The minimum atomic E-state index is -4.75. The Bertz CT molecular complexity index is 1030. The fourth-order valence-corrected chi connectivity index (χ4v) is 2.32. The number of ether oxygens (including phenoxy) is 2. The zero-order valence-electron chi connectivity index (χ0n) is 19.8. The van der Waals surface area contributed by atoms with Gasteiger partial charge in [0.15, 0.2) is 0 Å². The first kappa shape index (κ1) is 34.6. The van der Waals surface area contributed by atoms with Gasteiger partial charge in [-0.05, 0) is 64.8 Å². The maximum atomic E-state index is 11.2. The van der Waals surface area contributed by atoms with E-state index < -0.39 is 12.4 Å². The average Bonchev–Trinajstić information content (AvgIpc) is 2.74. The van der Waals surface area contributed by atoms with Gasteiger partial charge in [-0.2, -0.15) is 0 Å². The van der Waals surface area contributed by atoms with Crippen molar-refractivity contribution in [1.82, 2.24) is 0 Å². The summed E-state index contributed by atoms with van der Waals surface area (Å²) in [5.74, 6) is -0.733. The molecule has 0 aliphatic rings. The summed E-state index contributed by atoms with van der Waals surface area (Å²) in [6.07, 6.45) is 0. The molecule has 0 saturated heterocycles. The molecule has 0 saturated carbocycles. The van der Waals surface area contributed by atoms with Gasteiger partial charge in [-0.1, -0.05) is 13.5 Å². The molecule has 2 aromatic carbocycles. The minimum Gasteiger partial charge on any atom is -0.465 e. The van der Waals surface area contributed by atoms with Crippen LogP contribution < -0.4 is 62.9 Å². The Kier molecular flexibility index (Phi) is 16.5. The predicted octanol–water partition coefficient (Wildman–Crippen LogP) is 2.86. The van der Waals surface area contributed by atoms with Crippen LogP contribution in [0, 0.1) is 0 Å². The van der Waals surface area contributed by atoms with E-state index >= 15 is 0 Å². The molecular weight excluding hydrogens is 543 g/mol. The third kappa shape index (κ3) is 12.2. The second-order valence-electron chi connectivity index (χ2n) is 6.72. The second kappa shape index (κ2) is 16.2. The number of rotatable bonds is 4. The molecule has 0 heterocycles. The Balaban J connectivity index is 0. The first-order valence-corrected chi connectivity index (χ1v) is 10.1. The Morgan fingerprint density at radius 1 is 0.882 bits per heavy atom. The molecule has 12 heteroatoms. The van der Waals surface area contributed by atoms with Crippen molar-refractivity contribution in [2.24, 2.45) is 0 Å². The van der Waals surface area contributed by atoms with Gasteiger partial charge in [0.2, 0.25) is 0 Å². The zero-order valence-corrected chi connectivity index (χ0v) is 24.5. The van der Waals surface area contributed by atoms with Crippen molar-refractivity contribution >= 4 is 51.8 Å². The molecule has 2 aromatic rings. The second-order valence-corrected chi connectivity index (χ2v) is 7.58. The number of hydrogen-bond acceptors (Lipinski definition) is 6. The van der Waals surface area contributed by atoms with Crippen molar-refractivity contribution in [2.75, 3.05) is 25.7 Å². The fourth-order valence-electron chi connectivity index (χ4n) is 1.94. The Morgan fingerprint density at radius 3 is 1.59 bits per heavy atom. The van der Waals surface area contributed by atoms with Crippen molar-refractivity contribution in [2.45, 2.75) is 13.8 Å². The van der Waals surface area contributed by atoms with Gasteiger partial charge in [-0.25, -0.2) is 9.59 Å². The van der Waals surface area contributed by atoms with Gasteiger partial charge < -0.3 is 33.9 Å². The van der Waals surface area contributed by atoms with Crippen LogP contribution in [0.5, 0.6) is 0 Å². The van der Waals surface area contributed by atoms with Crippen LogP contribution in [0.1, 0.15) is 40.1 Å². The van der Waals surface area contributed by atoms with Gasteiger partial charge in [-0.3, -0.25) is 0 Å².